The standard InChI is InChI=1S/C27H28N2O4/c1-28(24(21-13-7-3-8-14-21)22-15-9-4-10-16-22)26(31)25-23(30)17-18-29(25)27(32)33-19-20-11-5-2-6-12-20/h2-16,23-25,30H,17-19H2,1H3/t23?,25-/m0/s1. The third-order valence-corrected chi connectivity index (χ3v) is 6.02. The Labute approximate surface area is 194 Å². The van der Waals surface area contributed by atoms with Crippen molar-refractivity contribution in [1.82, 2.24) is 9.80 Å². The lowest BCUT2D eigenvalue weighted by Gasteiger charge is -2.34. The van der Waals surface area contributed by atoms with Gasteiger partial charge in [0, 0.05) is 13.6 Å². The highest BCUT2D eigenvalue weighted by molar-refractivity contribution is 5.87. The lowest BCUT2D eigenvalue weighted by Crippen LogP contribution is -2.51. The van der Waals surface area contributed by atoms with E-state index in [-0.39, 0.29) is 25.1 Å². The maximum atomic E-state index is 13.6. The number of benzene rings is 3. The summed E-state index contributed by atoms with van der Waals surface area (Å²) in [7, 11) is 1.71. The number of aliphatic hydroxyl groups is 1. The molecule has 1 heterocycles. The summed E-state index contributed by atoms with van der Waals surface area (Å²) in [6.45, 7) is 0.375. The second-order valence-corrected chi connectivity index (χ2v) is 8.21. The summed E-state index contributed by atoms with van der Waals surface area (Å²) in [5.41, 5.74) is 2.76. The molecule has 0 aliphatic carbocycles. The largest absolute Gasteiger partial charge is 0.445 e. The van der Waals surface area contributed by atoms with Crippen molar-refractivity contribution in [2.45, 2.75) is 31.2 Å². The van der Waals surface area contributed by atoms with Crippen LogP contribution in [0.2, 0.25) is 0 Å². The van der Waals surface area contributed by atoms with Gasteiger partial charge in [-0.2, -0.15) is 0 Å². The van der Waals surface area contributed by atoms with Gasteiger partial charge in [0.05, 0.1) is 12.1 Å². The van der Waals surface area contributed by atoms with Crippen LogP contribution in [0.1, 0.15) is 29.2 Å². The van der Waals surface area contributed by atoms with Crippen molar-refractivity contribution < 1.29 is 19.4 Å². The molecule has 33 heavy (non-hydrogen) atoms. The molecule has 1 N–H and O–H groups in total. The average molecular weight is 445 g/mol. The third-order valence-electron chi connectivity index (χ3n) is 6.02. The molecule has 4 rings (SSSR count). The molecule has 3 aromatic carbocycles. The van der Waals surface area contributed by atoms with E-state index in [4.69, 9.17) is 4.74 Å². The Morgan fingerprint density at radius 2 is 1.45 bits per heavy atom. The van der Waals surface area contributed by atoms with Gasteiger partial charge in [-0.1, -0.05) is 91.0 Å². The minimum absolute atomic E-state index is 0.111. The van der Waals surface area contributed by atoms with Crippen molar-refractivity contribution in [3.05, 3.63) is 108 Å². The SMILES string of the molecule is CN(C(=O)[C@@H]1C(O)CCN1C(=O)OCc1ccccc1)C(c1ccccc1)c1ccccc1. The van der Waals surface area contributed by atoms with E-state index in [0.29, 0.717) is 6.42 Å². The van der Waals surface area contributed by atoms with Gasteiger partial charge in [-0.25, -0.2) is 4.79 Å². The van der Waals surface area contributed by atoms with Crippen molar-refractivity contribution in [2.24, 2.45) is 0 Å². The van der Waals surface area contributed by atoms with Gasteiger partial charge in [-0.15, -0.1) is 0 Å². The van der Waals surface area contributed by atoms with Crippen LogP contribution in [0.3, 0.4) is 0 Å². The van der Waals surface area contributed by atoms with Crippen LogP contribution in [0.25, 0.3) is 0 Å². The number of likely N-dealkylation sites (N-methyl/N-ethyl adjacent to an activating group) is 1. The molecule has 1 saturated heterocycles. The molecule has 6 nitrogen and oxygen atoms in total. The number of carbonyl (C=O) groups excluding carboxylic acids is 2. The summed E-state index contributed by atoms with van der Waals surface area (Å²) in [4.78, 5) is 29.4. The van der Waals surface area contributed by atoms with E-state index in [0.717, 1.165) is 16.7 Å². The number of nitrogens with zero attached hydrogens (tertiary/aromatic N) is 2. The molecule has 1 fully saturated rings. The summed E-state index contributed by atoms with van der Waals surface area (Å²) in [6, 6.07) is 27.5. The van der Waals surface area contributed by atoms with E-state index in [9.17, 15) is 14.7 Å². The number of carbonyl (C=O) groups is 2. The van der Waals surface area contributed by atoms with Crippen molar-refractivity contribution in [3.63, 3.8) is 0 Å². The number of rotatable bonds is 6. The zero-order valence-electron chi connectivity index (χ0n) is 18.6. The quantitative estimate of drug-likeness (QED) is 0.624. The molecule has 0 saturated carbocycles. The Bertz CT molecular complexity index is 1020. The van der Waals surface area contributed by atoms with Gasteiger partial charge >= 0.3 is 6.09 Å². The fourth-order valence-corrected chi connectivity index (χ4v) is 4.33. The number of hydrogen-bond acceptors (Lipinski definition) is 4. The predicted octanol–water partition coefficient (Wildman–Crippen LogP) is 4.01. The first-order chi connectivity index (χ1) is 16.1. The zero-order valence-corrected chi connectivity index (χ0v) is 18.6. The van der Waals surface area contributed by atoms with E-state index in [1.165, 1.54) is 4.90 Å². The van der Waals surface area contributed by atoms with Gasteiger partial charge in [0.2, 0.25) is 5.91 Å². The second kappa shape index (κ2) is 10.3. The zero-order chi connectivity index (χ0) is 23.2. The van der Waals surface area contributed by atoms with Gasteiger partial charge in [0.25, 0.3) is 0 Å². The maximum Gasteiger partial charge on any atom is 0.410 e. The van der Waals surface area contributed by atoms with Gasteiger partial charge < -0.3 is 14.7 Å². The Morgan fingerprint density at radius 1 is 0.939 bits per heavy atom. The van der Waals surface area contributed by atoms with Crippen LogP contribution < -0.4 is 0 Å². The Morgan fingerprint density at radius 3 is 2.00 bits per heavy atom. The molecule has 1 unspecified atom stereocenters. The number of ether oxygens (including phenoxy) is 1. The van der Waals surface area contributed by atoms with Crippen molar-refractivity contribution in [2.75, 3.05) is 13.6 Å². The maximum absolute atomic E-state index is 13.6. The molecule has 6 heteroatoms. The first-order valence-electron chi connectivity index (χ1n) is 11.1. The first-order valence-corrected chi connectivity index (χ1v) is 11.1. The molecule has 2 amide bonds. The summed E-state index contributed by atoms with van der Waals surface area (Å²) in [5.74, 6) is -0.325. The van der Waals surface area contributed by atoms with E-state index in [2.05, 4.69) is 0 Å². The topological polar surface area (TPSA) is 70.1 Å². The van der Waals surface area contributed by atoms with Crippen LogP contribution in [0.5, 0.6) is 0 Å². The lowest BCUT2D eigenvalue weighted by atomic mass is 9.96. The molecule has 2 atom stereocenters. The molecular weight excluding hydrogens is 416 g/mol. The van der Waals surface area contributed by atoms with Crippen LogP contribution in [0, 0.1) is 0 Å². The molecular formula is C27H28N2O4. The molecule has 1 aliphatic heterocycles. The van der Waals surface area contributed by atoms with Crippen LogP contribution in [0.4, 0.5) is 4.79 Å². The summed E-state index contributed by atoms with van der Waals surface area (Å²) in [5, 5.41) is 10.6. The van der Waals surface area contributed by atoms with Crippen molar-refractivity contribution in [1.29, 1.82) is 0 Å². The highest BCUT2D eigenvalue weighted by Gasteiger charge is 2.44. The number of hydrogen-bond donors (Lipinski definition) is 1. The van der Waals surface area contributed by atoms with Gasteiger partial charge in [0.1, 0.15) is 12.6 Å². The smallest absolute Gasteiger partial charge is 0.410 e. The fourth-order valence-electron chi connectivity index (χ4n) is 4.33. The predicted molar refractivity (Wildman–Crippen MR) is 125 cm³/mol. The van der Waals surface area contributed by atoms with Gasteiger partial charge in [0.15, 0.2) is 0 Å². The Kier molecular flexibility index (Phi) is 7.05. The normalized spacial score (nSPS) is 17.7. The van der Waals surface area contributed by atoms with Crippen LogP contribution in [-0.4, -0.2) is 52.6 Å². The highest BCUT2D eigenvalue weighted by atomic mass is 16.6. The molecule has 1 aliphatic rings. The molecule has 0 bridgehead atoms. The highest BCUT2D eigenvalue weighted by Crippen LogP contribution is 2.30. The fraction of sp³-hybridized carbons (Fsp3) is 0.259. The second-order valence-electron chi connectivity index (χ2n) is 8.21. The Balaban J connectivity index is 1.55. The summed E-state index contributed by atoms with van der Waals surface area (Å²) >= 11 is 0. The lowest BCUT2D eigenvalue weighted by molar-refractivity contribution is -0.138. The van der Waals surface area contributed by atoms with E-state index >= 15 is 0 Å². The van der Waals surface area contributed by atoms with E-state index < -0.39 is 18.2 Å². The number of amides is 2. The minimum atomic E-state index is -0.992. The molecule has 3 aromatic rings. The average Bonchev–Trinajstić information content (AvgIpc) is 3.25. The molecule has 0 radical (unpaired) electrons. The van der Waals surface area contributed by atoms with Crippen LogP contribution in [-0.2, 0) is 16.1 Å². The monoisotopic (exact) mass is 444 g/mol. The number of likely N-dealkylation sites (tertiary alicyclic amines) is 1. The minimum Gasteiger partial charge on any atom is -0.445 e. The molecule has 0 aromatic heterocycles. The van der Waals surface area contributed by atoms with Gasteiger partial charge in [-0.3, -0.25) is 9.69 Å². The van der Waals surface area contributed by atoms with Crippen LogP contribution >= 0.6 is 0 Å². The summed E-state index contributed by atoms with van der Waals surface area (Å²) in [6.07, 6.45) is -1.22. The van der Waals surface area contributed by atoms with Gasteiger partial charge in [-0.05, 0) is 23.1 Å². The molecule has 170 valence electrons. The summed E-state index contributed by atoms with van der Waals surface area (Å²) < 4.78 is 5.46. The van der Waals surface area contributed by atoms with E-state index in [1.54, 1.807) is 11.9 Å². The van der Waals surface area contributed by atoms with E-state index in [1.807, 2.05) is 91.0 Å². The van der Waals surface area contributed by atoms with Crippen molar-refractivity contribution in [3.8, 4) is 0 Å². The van der Waals surface area contributed by atoms with Crippen LogP contribution in [0.15, 0.2) is 91.0 Å². The van der Waals surface area contributed by atoms with Crippen molar-refractivity contribution >= 4 is 12.0 Å². The third kappa shape index (κ3) is 5.07. The number of aliphatic hydroxyl groups excluding tert-OH is 1. The first kappa shape index (κ1) is 22.6. The Hall–Kier alpha value is -3.64. The molecule has 0 spiro atoms.